The van der Waals surface area contributed by atoms with E-state index in [4.69, 9.17) is 42.1 Å². The number of nitrogens with one attached hydrogen (secondary N) is 1. The number of rotatable bonds is 10. The molecule has 1 atom stereocenters. The number of hydrogen-bond donors (Lipinski definition) is 1. The molecule has 174 valence electrons. The average Bonchev–Trinajstić information content (AvgIpc) is 3.06. The molecule has 11 heteroatoms. The zero-order valence-electron chi connectivity index (χ0n) is 18.0. The number of anilines is 1. The van der Waals surface area contributed by atoms with Crippen molar-refractivity contribution in [2.75, 3.05) is 32.2 Å². The van der Waals surface area contributed by atoms with Crippen molar-refractivity contribution in [2.45, 2.75) is 26.9 Å². The van der Waals surface area contributed by atoms with Gasteiger partial charge in [0, 0.05) is 12.1 Å². The monoisotopic (exact) mass is 503 g/mol. The number of ether oxygens (including phenoxy) is 4. The van der Waals surface area contributed by atoms with Crippen LogP contribution in [0, 0.1) is 6.92 Å². The summed E-state index contributed by atoms with van der Waals surface area (Å²) >= 11 is 12.9. The van der Waals surface area contributed by atoms with Gasteiger partial charge in [-0.2, -0.15) is 0 Å². The highest BCUT2D eigenvalue weighted by Gasteiger charge is 2.28. The molecule has 0 radical (unpaired) electrons. The maximum absolute atomic E-state index is 12.7. The largest absolute Gasteiger partial charge is 0.479 e. The number of benzene rings is 1. The first-order valence-corrected chi connectivity index (χ1v) is 11.2. The van der Waals surface area contributed by atoms with Crippen LogP contribution in [-0.4, -0.2) is 50.9 Å². The lowest BCUT2D eigenvalue weighted by Crippen LogP contribution is -2.30. The van der Waals surface area contributed by atoms with E-state index in [0.717, 1.165) is 11.3 Å². The maximum Gasteiger partial charge on any atom is 0.348 e. The Balaban J connectivity index is 2.25. The van der Waals surface area contributed by atoms with Crippen molar-refractivity contribution in [1.82, 2.24) is 0 Å². The van der Waals surface area contributed by atoms with Crippen molar-refractivity contribution in [3.8, 4) is 5.75 Å². The quantitative estimate of drug-likeness (QED) is 0.368. The summed E-state index contributed by atoms with van der Waals surface area (Å²) in [7, 11) is 1.48. The van der Waals surface area contributed by atoms with E-state index >= 15 is 0 Å². The smallest absolute Gasteiger partial charge is 0.348 e. The zero-order valence-corrected chi connectivity index (χ0v) is 20.3. The van der Waals surface area contributed by atoms with Gasteiger partial charge < -0.3 is 24.3 Å². The molecule has 8 nitrogen and oxygen atoms in total. The van der Waals surface area contributed by atoms with Crippen molar-refractivity contribution < 1.29 is 33.3 Å². The highest BCUT2D eigenvalue weighted by Crippen LogP contribution is 2.35. The number of thiophene rings is 1. The number of carbonyl (C=O) groups excluding carboxylic acids is 3. The van der Waals surface area contributed by atoms with E-state index in [1.807, 2.05) is 0 Å². The van der Waals surface area contributed by atoms with Gasteiger partial charge in [0.15, 0.2) is 6.10 Å². The van der Waals surface area contributed by atoms with Crippen LogP contribution >= 0.6 is 34.5 Å². The molecule has 1 N–H and O–H groups in total. The molecule has 32 heavy (non-hydrogen) atoms. The zero-order chi connectivity index (χ0) is 23.8. The lowest BCUT2D eigenvalue weighted by atomic mass is 10.1. The molecule has 1 aromatic heterocycles. The van der Waals surface area contributed by atoms with Gasteiger partial charge in [-0.1, -0.05) is 23.2 Å². The van der Waals surface area contributed by atoms with Crippen LogP contribution in [0.25, 0.3) is 0 Å². The molecule has 0 spiro atoms. The van der Waals surface area contributed by atoms with Crippen molar-refractivity contribution in [3.63, 3.8) is 0 Å². The lowest BCUT2D eigenvalue weighted by Gasteiger charge is -2.15. The summed E-state index contributed by atoms with van der Waals surface area (Å²) in [5.74, 6) is -1.58. The summed E-state index contributed by atoms with van der Waals surface area (Å²) in [6.45, 7) is 5.17. The molecule has 0 aliphatic rings. The van der Waals surface area contributed by atoms with Gasteiger partial charge in [0.05, 0.1) is 23.8 Å². The van der Waals surface area contributed by atoms with Crippen LogP contribution in [0.1, 0.15) is 39.4 Å². The number of methoxy groups -OCH3 is 1. The van der Waals surface area contributed by atoms with Gasteiger partial charge in [0.2, 0.25) is 0 Å². The minimum atomic E-state index is -0.969. The van der Waals surface area contributed by atoms with Crippen LogP contribution in [0.4, 0.5) is 5.00 Å². The molecule has 0 saturated carbocycles. The Bertz CT molecular complexity index is 993. The molecule has 0 aliphatic carbocycles. The number of amides is 1. The predicted molar refractivity (Wildman–Crippen MR) is 122 cm³/mol. The van der Waals surface area contributed by atoms with Crippen LogP contribution in [0.15, 0.2) is 18.2 Å². The van der Waals surface area contributed by atoms with E-state index < -0.39 is 23.9 Å². The average molecular weight is 504 g/mol. The van der Waals surface area contributed by atoms with Crippen molar-refractivity contribution >= 4 is 57.4 Å². The summed E-state index contributed by atoms with van der Waals surface area (Å²) in [5, 5.41) is 3.47. The second kappa shape index (κ2) is 12.1. The fourth-order valence-corrected chi connectivity index (χ4v) is 4.10. The van der Waals surface area contributed by atoms with Crippen LogP contribution in [0.2, 0.25) is 10.0 Å². The number of halogens is 2. The molecular formula is C21H23Cl2NO7S. The summed E-state index contributed by atoms with van der Waals surface area (Å²) in [5.41, 5.74) is 0.432. The second-order valence-corrected chi connectivity index (χ2v) is 8.30. The van der Waals surface area contributed by atoms with Gasteiger partial charge in [0.1, 0.15) is 22.2 Å². The van der Waals surface area contributed by atoms with Crippen LogP contribution in [-0.2, 0) is 19.0 Å². The molecule has 2 aromatic rings. The molecule has 0 fully saturated rings. The highest BCUT2D eigenvalue weighted by atomic mass is 35.5. The molecule has 0 bridgehead atoms. The molecule has 2 rings (SSSR count). The van der Waals surface area contributed by atoms with Gasteiger partial charge in [-0.25, -0.2) is 9.59 Å². The second-order valence-electron chi connectivity index (χ2n) is 6.43. The molecule has 1 unspecified atom stereocenters. The van der Waals surface area contributed by atoms with Crippen molar-refractivity contribution in [1.29, 1.82) is 0 Å². The fraction of sp³-hybridized carbons (Fsp3) is 0.381. The molecular weight excluding hydrogens is 481 g/mol. The van der Waals surface area contributed by atoms with E-state index in [2.05, 4.69) is 5.32 Å². The van der Waals surface area contributed by atoms with E-state index in [-0.39, 0.29) is 46.0 Å². The Labute approximate surface area is 199 Å². The van der Waals surface area contributed by atoms with Crippen LogP contribution in [0.3, 0.4) is 0 Å². The molecule has 1 heterocycles. The van der Waals surface area contributed by atoms with Gasteiger partial charge >= 0.3 is 11.9 Å². The summed E-state index contributed by atoms with van der Waals surface area (Å²) in [6.07, 6.45) is -0.969. The molecule has 0 aliphatic heterocycles. The normalized spacial score (nSPS) is 11.6. The Kier molecular flexibility index (Phi) is 9.77. The van der Waals surface area contributed by atoms with E-state index in [0.29, 0.717) is 10.6 Å². The summed E-state index contributed by atoms with van der Waals surface area (Å²) in [4.78, 5) is 37.9. The number of hydrogen-bond acceptors (Lipinski definition) is 8. The standard InChI is InChI=1S/C21H23Cl2NO7S/c1-5-29-20(26)16-11(2)17(21(27)30-9-8-28-4)32-19(16)24-18(25)12(3)31-15-7-6-13(22)10-14(15)23/h6-7,10,12H,5,8-9H2,1-4H3,(H,24,25). The fourth-order valence-electron chi connectivity index (χ4n) is 2.56. The summed E-state index contributed by atoms with van der Waals surface area (Å²) < 4.78 is 20.7. The minimum Gasteiger partial charge on any atom is -0.479 e. The SMILES string of the molecule is CCOC(=O)c1c(NC(=O)C(C)Oc2ccc(Cl)cc2Cl)sc(C(=O)OCCOC)c1C. The van der Waals surface area contributed by atoms with Gasteiger partial charge in [-0.15, -0.1) is 11.3 Å². The number of carbonyl (C=O) groups is 3. The van der Waals surface area contributed by atoms with Gasteiger partial charge in [-0.3, -0.25) is 4.79 Å². The first-order chi connectivity index (χ1) is 15.2. The first kappa shape index (κ1) is 25.9. The van der Waals surface area contributed by atoms with Crippen molar-refractivity contribution in [2.24, 2.45) is 0 Å². The maximum atomic E-state index is 12.7. The van der Waals surface area contributed by atoms with E-state index in [1.54, 1.807) is 26.0 Å². The lowest BCUT2D eigenvalue weighted by molar-refractivity contribution is -0.122. The Morgan fingerprint density at radius 1 is 1.12 bits per heavy atom. The minimum absolute atomic E-state index is 0.0514. The van der Waals surface area contributed by atoms with Gasteiger partial charge in [-0.05, 0) is 44.5 Å². The molecule has 1 amide bonds. The first-order valence-electron chi connectivity index (χ1n) is 9.58. The van der Waals surface area contributed by atoms with Gasteiger partial charge in [0.25, 0.3) is 5.91 Å². The van der Waals surface area contributed by atoms with E-state index in [1.165, 1.54) is 20.1 Å². The third-order valence-corrected chi connectivity index (χ3v) is 5.85. The Hall–Kier alpha value is -2.33. The third kappa shape index (κ3) is 6.59. The Morgan fingerprint density at radius 2 is 1.84 bits per heavy atom. The molecule has 0 saturated heterocycles. The molecule has 1 aromatic carbocycles. The van der Waals surface area contributed by atoms with Crippen LogP contribution in [0.5, 0.6) is 5.75 Å². The highest BCUT2D eigenvalue weighted by molar-refractivity contribution is 7.18. The third-order valence-electron chi connectivity index (χ3n) is 4.14. The predicted octanol–water partition coefficient (Wildman–Crippen LogP) is 4.75. The Morgan fingerprint density at radius 3 is 2.47 bits per heavy atom. The van der Waals surface area contributed by atoms with Crippen LogP contribution < -0.4 is 10.1 Å². The van der Waals surface area contributed by atoms with E-state index in [9.17, 15) is 14.4 Å². The van der Waals surface area contributed by atoms with Crippen molar-refractivity contribution in [3.05, 3.63) is 44.2 Å². The summed E-state index contributed by atoms with van der Waals surface area (Å²) in [6, 6.07) is 4.62. The topological polar surface area (TPSA) is 100 Å². The number of esters is 2.